The molecule has 3 amide bonds. The molecule has 4 aliphatic rings. The summed E-state index contributed by atoms with van der Waals surface area (Å²) in [5.74, 6) is -2.55. The van der Waals surface area contributed by atoms with Gasteiger partial charge in [0.1, 0.15) is 17.9 Å². The van der Waals surface area contributed by atoms with Crippen LogP contribution in [0.1, 0.15) is 57.4 Å². The molecule has 0 aromatic heterocycles. The molecule has 2 N–H and O–H groups in total. The molecule has 43 heavy (non-hydrogen) atoms. The Morgan fingerprint density at radius 1 is 1.16 bits per heavy atom. The highest BCUT2D eigenvalue weighted by Crippen LogP contribution is 2.39. The molecule has 234 valence electrons. The number of hydrogen-bond donors (Lipinski definition) is 2. The minimum atomic E-state index is -4.83. The number of carbonyl (C=O) groups is 4. The second kappa shape index (κ2) is 12.4. The Balaban J connectivity index is 1.30. The summed E-state index contributed by atoms with van der Waals surface area (Å²) in [5.41, 5.74) is -0.239. The average molecular weight is 611 g/mol. The normalized spacial score (nSPS) is 25.6. The SMILES string of the molecule is CCC[C@H](NC(=O)[C@@H]1C[C@]2(CC(c3ccc(OC(F)(F)F)cc3)=NO2)CN1C(=O)O[C@H]1CCOC1)C(=O)C(=O)NC1CC1. The number of halogens is 3. The molecule has 1 aromatic rings. The third kappa shape index (κ3) is 7.56. The lowest BCUT2D eigenvalue weighted by atomic mass is 9.91. The Bertz CT molecular complexity index is 1260. The second-order valence-electron chi connectivity index (χ2n) is 11.2. The number of nitrogens with zero attached hydrogens (tertiary/aromatic N) is 2. The zero-order valence-corrected chi connectivity index (χ0v) is 23.5. The van der Waals surface area contributed by atoms with Crippen LogP contribution in [0.2, 0.25) is 0 Å². The maximum atomic E-state index is 13.6. The quantitative estimate of drug-likeness (QED) is 0.385. The molecule has 4 atom stereocenters. The summed E-state index contributed by atoms with van der Waals surface area (Å²) in [4.78, 5) is 59.2. The van der Waals surface area contributed by atoms with Crippen LogP contribution in [0, 0.1) is 0 Å². The number of ketones is 1. The maximum Gasteiger partial charge on any atom is 0.573 e. The van der Waals surface area contributed by atoms with E-state index in [1.807, 2.05) is 6.92 Å². The number of nitrogens with one attached hydrogen (secondary N) is 2. The number of benzene rings is 1. The fourth-order valence-electron chi connectivity index (χ4n) is 5.38. The van der Waals surface area contributed by atoms with Gasteiger partial charge in [-0.15, -0.1) is 13.2 Å². The van der Waals surface area contributed by atoms with Gasteiger partial charge < -0.3 is 29.7 Å². The van der Waals surface area contributed by atoms with Crippen LogP contribution in [0.25, 0.3) is 0 Å². The highest BCUT2D eigenvalue weighted by atomic mass is 19.4. The average Bonchev–Trinajstić information content (AvgIpc) is 3.32. The van der Waals surface area contributed by atoms with Crippen LogP contribution in [0.5, 0.6) is 5.75 Å². The van der Waals surface area contributed by atoms with Crippen molar-refractivity contribution in [1.82, 2.24) is 15.5 Å². The number of amides is 3. The van der Waals surface area contributed by atoms with E-state index in [-0.39, 0.29) is 38.5 Å². The highest BCUT2D eigenvalue weighted by Gasteiger charge is 2.55. The van der Waals surface area contributed by atoms with Crippen molar-refractivity contribution in [2.45, 2.75) is 88.1 Å². The molecule has 0 radical (unpaired) electrons. The monoisotopic (exact) mass is 610 g/mol. The Kier molecular flexibility index (Phi) is 8.81. The van der Waals surface area contributed by atoms with Crippen molar-refractivity contribution in [3.63, 3.8) is 0 Å². The van der Waals surface area contributed by atoms with Gasteiger partial charge in [0.15, 0.2) is 5.60 Å². The van der Waals surface area contributed by atoms with Gasteiger partial charge in [-0.25, -0.2) is 4.79 Å². The predicted octanol–water partition coefficient (Wildman–Crippen LogP) is 2.58. The second-order valence-corrected chi connectivity index (χ2v) is 11.2. The summed E-state index contributed by atoms with van der Waals surface area (Å²) in [6.45, 7) is 2.40. The fourth-order valence-corrected chi connectivity index (χ4v) is 5.38. The summed E-state index contributed by atoms with van der Waals surface area (Å²) >= 11 is 0. The Morgan fingerprint density at radius 3 is 2.53 bits per heavy atom. The number of alkyl halides is 3. The molecular weight excluding hydrogens is 577 g/mol. The van der Waals surface area contributed by atoms with E-state index in [2.05, 4.69) is 20.5 Å². The highest BCUT2D eigenvalue weighted by molar-refractivity contribution is 6.38. The molecule has 12 nitrogen and oxygen atoms in total. The van der Waals surface area contributed by atoms with E-state index < -0.39 is 59.6 Å². The van der Waals surface area contributed by atoms with Gasteiger partial charge in [0.2, 0.25) is 11.7 Å². The summed E-state index contributed by atoms with van der Waals surface area (Å²) in [6, 6.07) is 2.89. The number of carbonyl (C=O) groups excluding carboxylic acids is 4. The van der Waals surface area contributed by atoms with Gasteiger partial charge >= 0.3 is 12.5 Å². The van der Waals surface area contributed by atoms with Crippen molar-refractivity contribution < 1.29 is 51.4 Å². The molecule has 3 fully saturated rings. The lowest BCUT2D eigenvalue weighted by Gasteiger charge is -2.26. The number of oxime groups is 1. The first kappa shape index (κ1) is 30.6. The van der Waals surface area contributed by atoms with Crippen LogP contribution in [0.15, 0.2) is 29.4 Å². The van der Waals surface area contributed by atoms with Crippen LogP contribution in [-0.2, 0) is 28.7 Å². The molecule has 5 rings (SSSR count). The van der Waals surface area contributed by atoms with Gasteiger partial charge in [-0.05, 0) is 49.1 Å². The van der Waals surface area contributed by atoms with Crippen LogP contribution in [-0.4, -0.2) is 90.3 Å². The third-order valence-electron chi connectivity index (χ3n) is 7.70. The topological polar surface area (TPSA) is 145 Å². The predicted molar refractivity (Wildman–Crippen MR) is 142 cm³/mol. The molecule has 1 aliphatic carbocycles. The van der Waals surface area contributed by atoms with Crippen molar-refractivity contribution in [3.05, 3.63) is 29.8 Å². The summed E-state index contributed by atoms with van der Waals surface area (Å²) < 4.78 is 52.4. The number of rotatable bonds is 10. The van der Waals surface area contributed by atoms with Crippen molar-refractivity contribution >= 4 is 29.4 Å². The molecule has 1 aromatic carbocycles. The van der Waals surface area contributed by atoms with E-state index in [1.54, 1.807) is 0 Å². The van der Waals surface area contributed by atoms with E-state index in [1.165, 1.54) is 17.0 Å². The lowest BCUT2D eigenvalue weighted by molar-refractivity contribution is -0.274. The Labute approximate surface area is 245 Å². The van der Waals surface area contributed by atoms with Crippen LogP contribution in [0.4, 0.5) is 18.0 Å². The standard InChI is InChI=1S/C28H33F3N4O8/c1-2-3-20(23(36)25(38)32-17-6-7-17)33-24(37)22-13-27(15-35(22)26(39)41-19-10-11-40-14-19)12-21(34-43-27)16-4-8-18(9-5-16)42-28(29,30)31/h4-5,8-9,17,19-20,22H,2-3,6-7,10-15H2,1H3,(H,32,38)(H,33,37)/t19-,20-,22-,27+/m0/s1. The van der Waals surface area contributed by atoms with Gasteiger partial charge in [0.25, 0.3) is 5.91 Å². The van der Waals surface area contributed by atoms with Crippen molar-refractivity contribution in [3.8, 4) is 5.75 Å². The number of likely N-dealkylation sites (tertiary alicyclic amines) is 1. The minimum Gasteiger partial charge on any atom is -0.444 e. The van der Waals surface area contributed by atoms with E-state index in [0.29, 0.717) is 30.7 Å². The number of hydrogen-bond acceptors (Lipinski definition) is 9. The van der Waals surface area contributed by atoms with E-state index in [9.17, 15) is 32.3 Å². The molecule has 15 heteroatoms. The maximum absolute atomic E-state index is 13.6. The first-order chi connectivity index (χ1) is 20.4. The summed E-state index contributed by atoms with van der Waals surface area (Å²) in [5, 5.41) is 9.43. The Morgan fingerprint density at radius 2 is 1.91 bits per heavy atom. The van der Waals surface area contributed by atoms with Gasteiger partial charge in [-0.1, -0.05) is 18.5 Å². The van der Waals surface area contributed by atoms with Crippen molar-refractivity contribution in [2.24, 2.45) is 5.16 Å². The van der Waals surface area contributed by atoms with E-state index in [0.717, 1.165) is 25.0 Å². The van der Waals surface area contributed by atoms with Gasteiger partial charge in [-0.2, -0.15) is 0 Å². The lowest BCUT2D eigenvalue weighted by Crippen LogP contribution is -2.53. The first-order valence-electron chi connectivity index (χ1n) is 14.3. The number of ether oxygens (including phenoxy) is 3. The smallest absolute Gasteiger partial charge is 0.444 e. The Hall–Kier alpha value is -3.88. The molecule has 0 unspecified atom stereocenters. The summed E-state index contributed by atoms with van der Waals surface area (Å²) in [6.07, 6.45) is -3.09. The van der Waals surface area contributed by atoms with Crippen LogP contribution in [0.3, 0.4) is 0 Å². The third-order valence-corrected chi connectivity index (χ3v) is 7.70. The van der Waals surface area contributed by atoms with Crippen LogP contribution >= 0.6 is 0 Å². The first-order valence-corrected chi connectivity index (χ1v) is 14.3. The number of Topliss-reactive ketones (excluding diaryl/α,β-unsaturated/α-hetero) is 1. The zero-order valence-electron chi connectivity index (χ0n) is 23.5. The van der Waals surface area contributed by atoms with Gasteiger partial charge in [0, 0.05) is 25.3 Å². The van der Waals surface area contributed by atoms with Gasteiger partial charge in [-0.3, -0.25) is 19.3 Å². The molecule has 1 spiro atoms. The fraction of sp³-hybridized carbons (Fsp3) is 0.607. The van der Waals surface area contributed by atoms with Crippen molar-refractivity contribution in [1.29, 1.82) is 0 Å². The molecule has 1 saturated carbocycles. The largest absolute Gasteiger partial charge is 0.573 e. The zero-order chi connectivity index (χ0) is 30.8. The molecule has 3 aliphatic heterocycles. The summed E-state index contributed by atoms with van der Waals surface area (Å²) in [7, 11) is 0. The van der Waals surface area contributed by atoms with Crippen molar-refractivity contribution in [2.75, 3.05) is 19.8 Å². The van der Waals surface area contributed by atoms with Gasteiger partial charge in [0.05, 0.1) is 31.5 Å². The molecular formula is C28H33F3N4O8. The van der Waals surface area contributed by atoms with E-state index >= 15 is 0 Å². The van der Waals surface area contributed by atoms with E-state index in [4.69, 9.17) is 14.3 Å². The molecule has 2 saturated heterocycles. The molecule has 3 heterocycles. The molecule has 0 bridgehead atoms. The minimum absolute atomic E-state index is 0.00132. The van der Waals surface area contributed by atoms with Crippen LogP contribution < -0.4 is 15.4 Å².